The summed E-state index contributed by atoms with van der Waals surface area (Å²) < 4.78 is 3.91. The van der Waals surface area contributed by atoms with Crippen LogP contribution in [0.5, 0.6) is 0 Å². The first kappa shape index (κ1) is 14.6. The molecule has 2 N–H and O–H groups in total. The van der Waals surface area contributed by atoms with Gasteiger partial charge in [-0.3, -0.25) is 4.68 Å². The number of halogens is 1. The molecule has 3 heterocycles. The molecule has 3 aromatic heterocycles. The van der Waals surface area contributed by atoms with Crippen molar-refractivity contribution >= 4 is 23.4 Å². The Morgan fingerprint density at radius 1 is 1.25 bits per heavy atom. The minimum absolute atomic E-state index is 0. The number of hydrogen-bond acceptors (Lipinski definition) is 3. The Labute approximate surface area is 123 Å². The molecule has 1 atom stereocenters. The fraction of sp³-hybridized carbons (Fsp3) is 0.286. The van der Waals surface area contributed by atoms with Crippen molar-refractivity contribution < 1.29 is 0 Å². The number of pyridine rings is 1. The van der Waals surface area contributed by atoms with Gasteiger partial charge >= 0.3 is 0 Å². The Kier molecular flexibility index (Phi) is 3.83. The largest absolute Gasteiger partial charge is 0.349 e. The molecule has 6 heteroatoms. The standard InChI is InChI=1S/C14H17N5.ClH/c1-9(15)14-10(12-4-6-16-19(12)3)8-13-11(17-14)5-7-18(13)2;/h4-9H,15H2,1-3H3;1H/t9-;/m0./s1. The quantitative estimate of drug-likeness (QED) is 0.789. The van der Waals surface area contributed by atoms with Gasteiger partial charge < -0.3 is 10.3 Å². The van der Waals surface area contributed by atoms with E-state index < -0.39 is 0 Å². The summed E-state index contributed by atoms with van der Waals surface area (Å²) >= 11 is 0. The normalized spacial score (nSPS) is 12.4. The average Bonchev–Trinajstić information content (AvgIpc) is 2.95. The van der Waals surface area contributed by atoms with Crippen LogP contribution in [0.2, 0.25) is 0 Å². The Balaban J connectivity index is 0.00000147. The molecule has 0 radical (unpaired) electrons. The molecule has 0 unspecified atom stereocenters. The molecule has 0 aliphatic carbocycles. The van der Waals surface area contributed by atoms with Gasteiger partial charge in [0.05, 0.1) is 22.4 Å². The van der Waals surface area contributed by atoms with Crippen molar-refractivity contribution in [2.75, 3.05) is 0 Å². The number of aryl methyl sites for hydroxylation is 2. The first-order valence-corrected chi connectivity index (χ1v) is 6.28. The van der Waals surface area contributed by atoms with E-state index in [0.717, 1.165) is 28.0 Å². The zero-order chi connectivity index (χ0) is 13.6. The summed E-state index contributed by atoms with van der Waals surface area (Å²) in [5.41, 5.74) is 11.1. The van der Waals surface area contributed by atoms with Gasteiger partial charge in [-0.1, -0.05) is 0 Å². The highest BCUT2D eigenvalue weighted by Gasteiger charge is 2.15. The van der Waals surface area contributed by atoms with Crippen LogP contribution in [0.25, 0.3) is 22.3 Å². The Morgan fingerprint density at radius 2 is 2.00 bits per heavy atom. The topological polar surface area (TPSA) is 61.7 Å². The lowest BCUT2D eigenvalue weighted by molar-refractivity contribution is 0.760. The van der Waals surface area contributed by atoms with E-state index in [9.17, 15) is 0 Å². The van der Waals surface area contributed by atoms with Crippen LogP contribution in [0.15, 0.2) is 30.6 Å². The van der Waals surface area contributed by atoms with Crippen LogP contribution >= 0.6 is 12.4 Å². The summed E-state index contributed by atoms with van der Waals surface area (Å²) in [5.74, 6) is 0. The second-order valence-corrected chi connectivity index (χ2v) is 4.88. The first-order valence-electron chi connectivity index (χ1n) is 6.28. The molecule has 3 aromatic rings. The molecule has 3 rings (SSSR count). The molecule has 5 nitrogen and oxygen atoms in total. The van der Waals surface area contributed by atoms with E-state index >= 15 is 0 Å². The maximum atomic E-state index is 6.07. The second kappa shape index (κ2) is 5.26. The Hall–Kier alpha value is -1.85. The molecular formula is C14H18ClN5. The third-order valence-corrected chi connectivity index (χ3v) is 3.42. The molecule has 20 heavy (non-hydrogen) atoms. The van der Waals surface area contributed by atoms with Gasteiger partial charge in [-0.05, 0) is 25.1 Å². The predicted molar refractivity (Wildman–Crippen MR) is 82.8 cm³/mol. The predicted octanol–water partition coefficient (Wildman–Crippen LogP) is 2.42. The summed E-state index contributed by atoms with van der Waals surface area (Å²) in [7, 11) is 3.94. The monoisotopic (exact) mass is 291 g/mol. The molecule has 0 bridgehead atoms. The number of rotatable bonds is 2. The molecular weight excluding hydrogens is 274 g/mol. The van der Waals surface area contributed by atoms with Crippen LogP contribution in [0, 0.1) is 0 Å². The van der Waals surface area contributed by atoms with Crippen LogP contribution in [-0.2, 0) is 14.1 Å². The number of fused-ring (bicyclic) bond motifs is 1. The number of nitrogens with zero attached hydrogens (tertiary/aromatic N) is 4. The van der Waals surface area contributed by atoms with Crippen LogP contribution in [0.4, 0.5) is 0 Å². The summed E-state index contributed by atoms with van der Waals surface area (Å²) in [6, 6.07) is 6.01. The SMILES string of the molecule is C[C@H](N)c1nc2ccn(C)c2cc1-c1ccnn1C.Cl. The molecule has 0 saturated carbocycles. The summed E-state index contributed by atoms with van der Waals surface area (Å²) in [6.45, 7) is 1.96. The van der Waals surface area contributed by atoms with E-state index in [-0.39, 0.29) is 18.4 Å². The molecule has 0 fully saturated rings. The fourth-order valence-electron chi connectivity index (χ4n) is 2.39. The van der Waals surface area contributed by atoms with Gasteiger partial charge in [0, 0.05) is 38.1 Å². The second-order valence-electron chi connectivity index (χ2n) is 4.88. The molecule has 0 aromatic carbocycles. The van der Waals surface area contributed by atoms with Gasteiger partial charge in [-0.25, -0.2) is 4.98 Å². The highest BCUT2D eigenvalue weighted by Crippen LogP contribution is 2.29. The average molecular weight is 292 g/mol. The molecule has 0 saturated heterocycles. The lowest BCUT2D eigenvalue weighted by Crippen LogP contribution is -2.10. The summed E-state index contributed by atoms with van der Waals surface area (Å²) in [4.78, 5) is 4.71. The molecule has 0 aliphatic heterocycles. The minimum atomic E-state index is -0.116. The third kappa shape index (κ3) is 2.19. The van der Waals surface area contributed by atoms with Gasteiger partial charge in [0.2, 0.25) is 0 Å². The minimum Gasteiger partial charge on any atom is -0.349 e. The van der Waals surface area contributed by atoms with Crippen molar-refractivity contribution in [3.63, 3.8) is 0 Å². The Morgan fingerprint density at radius 3 is 2.60 bits per heavy atom. The van der Waals surface area contributed by atoms with Crippen LogP contribution in [0.3, 0.4) is 0 Å². The van der Waals surface area contributed by atoms with E-state index in [1.165, 1.54) is 0 Å². The van der Waals surface area contributed by atoms with Gasteiger partial charge in [0.1, 0.15) is 0 Å². The lowest BCUT2D eigenvalue weighted by atomic mass is 10.0. The fourth-order valence-corrected chi connectivity index (χ4v) is 2.39. The van der Waals surface area contributed by atoms with Gasteiger partial charge in [0.25, 0.3) is 0 Å². The van der Waals surface area contributed by atoms with Gasteiger partial charge in [0.15, 0.2) is 0 Å². The van der Waals surface area contributed by atoms with Gasteiger partial charge in [-0.15, -0.1) is 12.4 Å². The highest BCUT2D eigenvalue weighted by atomic mass is 35.5. The van der Waals surface area contributed by atoms with E-state index in [0.29, 0.717) is 0 Å². The van der Waals surface area contributed by atoms with Gasteiger partial charge in [-0.2, -0.15) is 5.10 Å². The van der Waals surface area contributed by atoms with Crippen LogP contribution < -0.4 is 5.73 Å². The maximum Gasteiger partial charge on any atom is 0.0885 e. The molecule has 0 spiro atoms. The van der Waals surface area contributed by atoms with Crippen molar-refractivity contribution in [1.82, 2.24) is 19.3 Å². The van der Waals surface area contributed by atoms with Crippen molar-refractivity contribution in [2.45, 2.75) is 13.0 Å². The van der Waals surface area contributed by atoms with Crippen LogP contribution in [-0.4, -0.2) is 19.3 Å². The molecule has 106 valence electrons. The van der Waals surface area contributed by atoms with Crippen molar-refractivity contribution in [1.29, 1.82) is 0 Å². The maximum absolute atomic E-state index is 6.07. The van der Waals surface area contributed by atoms with Crippen molar-refractivity contribution in [2.24, 2.45) is 19.8 Å². The summed E-state index contributed by atoms with van der Waals surface area (Å²) in [5, 5.41) is 4.22. The summed E-state index contributed by atoms with van der Waals surface area (Å²) in [6.07, 6.45) is 3.80. The lowest BCUT2D eigenvalue weighted by Gasteiger charge is -2.13. The smallest absolute Gasteiger partial charge is 0.0885 e. The van der Waals surface area contributed by atoms with Crippen molar-refractivity contribution in [3.8, 4) is 11.3 Å². The van der Waals surface area contributed by atoms with E-state index in [1.54, 1.807) is 6.20 Å². The first-order chi connectivity index (χ1) is 9.08. The van der Waals surface area contributed by atoms with Crippen molar-refractivity contribution in [3.05, 3.63) is 36.3 Å². The Bertz CT molecular complexity index is 741. The number of aromatic nitrogens is 4. The van der Waals surface area contributed by atoms with E-state index in [2.05, 4.69) is 15.7 Å². The zero-order valence-electron chi connectivity index (χ0n) is 11.7. The molecule has 0 amide bonds. The number of hydrogen-bond donors (Lipinski definition) is 1. The van der Waals surface area contributed by atoms with Crippen LogP contribution in [0.1, 0.15) is 18.7 Å². The third-order valence-electron chi connectivity index (χ3n) is 3.42. The van der Waals surface area contributed by atoms with E-state index in [1.807, 2.05) is 44.0 Å². The molecule has 0 aliphatic rings. The zero-order valence-corrected chi connectivity index (χ0v) is 12.6. The number of nitrogens with two attached hydrogens (primary N) is 1. The van der Waals surface area contributed by atoms with E-state index in [4.69, 9.17) is 10.7 Å². The highest BCUT2D eigenvalue weighted by molar-refractivity contribution is 5.85.